The van der Waals surface area contributed by atoms with Gasteiger partial charge in [0.2, 0.25) is 0 Å². The number of amides is 2. The third-order valence-corrected chi connectivity index (χ3v) is 3.95. The summed E-state index contributed by atoms with van der Waals surface area (Å²) in [4.78, 5) is 23.9. The minimum atomic E-state index is -0.215. The smallest absolute Gasteiger partial charge is 0.258 e. The van der Waals surface area contributed by atoms with Crippen LogP contribution < -0.4 is 15.4 Å². The molecule has 0 saturated heterocycles. The molecule has 2 aromatic rings. The van der Waals surface area contributed by atoms with Crippen LogP contribution in [0.2, 0.25) is 0 Å². The number of rotatable bonds is 9. The molecule has 0 aromatic heterocycles. The van der Waals surface area contributed by atoms with Gasteiger partial charge in [-0.25, -0.2) is 0 Å². The Labute approximate surface area is 154 Å². The van der Waals surface area contributed by atoms with E-state index in [9.17, 15) is 9.59 Å². The van der Waals surface area contributed by atoms with Gasteiger partial charge in [-0.15, -0.1) is 0 Å². The van der Waals surface area contributed by atoms with E-state index in [1.54, 1.807) is 6.07 Å². The van der Waals surface area contributed by atoms with Gasteiger partial charge >= 0.3 is 0 Å². The second kappa shape index (κ2) is 10.2. The van der Waals surface area contributed by atoms with Gasteiger partial charge in [-0.1, -0.05) is 43.7 Å². The standard InChI is InChI=1S/C21H26N2O3/c1-3-6-17-9-11-18(12-10-17)26-15-20(24)22-13-14-23-21(25)19-8-5-4-7-16(19)2/h4-5,7-12H,3,6,13-15H2,1-2H3,(H,22,24)(H,23,25). The summed E-state index contributed by atoms with van der Waals surface area (Å²) in [6, 6.07) is 15.2. The summed E-state index contributed by atoms with van der Waals surface area (Å²) in [5.74, 6) is 0.321. The van der Waals surface area contributed by atoms with Crippen LogP contribution in [-0.2, 0) is 11.2 Å². The lowest BCUT2D eigenvalue weighted by atomic mass is 10.1. The van der Waals surface area contributed by atoms with E-state index in [1.807, 2.05) is 49.4 Å². The summed E-state index contributed by atoms with van der Waals surface area (Å²) in [6.07, 6.45) is 2.14. The largest absolute Gasteiger partial charge is 0.484 e. The monoisotopic (exact) mass is 354 g/mol. The van der Waals surface area contributed by atoms with Crippen molar-refractivity contribution in [3.8, 4) is 5.75 Å². The number of carbonyl (C=O) groups is 2. The highest BCUT2D eigenvalue weighted by atomic mass is 16.5. The van der Waals surface area contributed by atoms with Gasteiger partial charge in [-0.3, -0.25) is 9.59 Å². The fourth-order valence-corrected chi connectivity index (χ4v) is 2.54. The number of ether oxygens (including phenoxy) is 1. The van der Waals surface area contributed by atoms with Gasteiger partial charge in [-0.05, 0) is 42.7 Å². The average Bonchev–Trinajstić information content (AvgIpc) is 2.65. The number of carbonyl (C=O) groups excluding carboxylic acids is 2. The fraction of sp³-hybridized carbons (Fsp3) is 0.333. The highest BCUT2D eigenvalue weighted by molar-refractivity contribution is 5.95. The van der Waals surface area contributed by atoms with Gasteiger partial charge in [0.15, 0.2) is 6.61 Å². The van der Waals surface area contributed by atoms with Gasteiger partial charge in [0.1, 0.15) is 5.75 Å². The second-order valence-corrected chi connectivity index (χ2v) is 6.10. The summed E-state index contributed by atoms with van der Waals surface area (Å²) < 4.78 is 5.46. The molecule has 5 heteroatoms. The first kappa shape index (κ1) is 19.5. The van der Waals surface area contributed by atoms with Crippen LogP contribution in [0.3, 0.4) is 0 Å². The van der Waals surface area contributed by atoms with Crippen molar-refractivity contribution in [3.05, 3.63) is 65.2 Å². The molecule has 0 aliphatic heterocycles. The van der Waals surface area contributed by atoms with Crippen molar-refractivity contribution in [3.63, 3.8) is 0 Å². The molecule has 0 bridgehead atoms. The second-order valence-electron chi connectivity index (χ2n) is 6.10. The van der Waals surface area contributed by atoms with Crippen LogP contribution in [0.15, 0.2) is 48.5 Å². The fourth-order valence-electron chi connectivity index (χ4n) is 2.54. The molecule has 2 N–H and O–H groups in total. The Morgan fingerprint density at radius 3 is 2.35 bits per heavy atom. The molecule has 5 nitrogen and oxygen atoms in total. The molecule has 0 heterocycles. The molecule has 0 fully saturated rings. The number of aryl methyl sites for hydroxylation is 2. The zero-order valence-corrected chi connectivity index (χ0v) is 15.4. The Balaban J connectivity index is 1.64. The number of nitrogens with one attached hydrogen (secondary N) is 2. The topological polar surface area (TPSA) is 67.4 Å². The molecular formula is C21H26N2O3. The Morgan fingerprint density at radius 2 is 1.65 bits per heavy atom. The Hall–Kier alpha value is -2.82. The van der Waals surface area contributed by atoms with E-state index < -0.39 is 0 Å². The van der Waals surface area contributed by atoms with Gasteiger partial charge < -0.3 is 15.4 Å². The zero-order chi connectivity index (χ0) is 18.8. The minimum Gasteiger partial charge on any atom is -0.484 e. The molecule has 0 aliphatic rings. The SMILES string of the molecule is CCCc1ccc(OCC(=O)NCCNC(=O)c2ccccc2C)cc1. The van der Waals surface area contributed by atoms with Crippen LogP contribution in [0.1, 0.15) is 34.8 Å². The molecule has 2 rings (SSSR count). The van der Waals surface area contributed by atoms with Crippen molar-refractivity contribution < 1.29 is 14.3 Å². The van der Waals surface area contributed by atoms with Crippen molar-refractivity contribution in [1.29, 1.82) is 0 Å². The van der Waals surface area contributed by atoms with Crippen molar-refractivity contribution in [2.75, 3.05) is 19.7 Å². The van der Waals surface area contributed by atoms with Crippen molar-refractivity contribution in [1.82, 2.24) is 10.6 Å². The van der Waals surface area contributed by atoms with Crippen molar-refractivity contribution >= 4 is 11.8 Å². The number of hydrogen-bond acceptors (Lipinski definition) is 3. The third-order valence-electron chi connectivity index (χ3n) is 3.95. The first-order valence-corrected chi connectivity index (χ1v) is 8.92. The van der Waals surface area contributed by atoms with Crippen LogP contribution >= 0.6 is 0 Å². The maximum atomic E-state index is 12.0. The van der Waals surface area contributed by atoms with E-state index >= 15 is 0 Å². The van der Waals surface area contributed by atoms with Gasteiger partial charge in [0.25, 0.3) is 11.8 Å². The normalized spacial score (nSPS) is 10.2. The molecule has 0 aliphatic carbocycles. The third kappa shape index (κ3) is 6.24. The van der Waals surface area contributed by atoms with E-state index in [-0.39, 0.29) is 18.4 Å². The molecule has 2 aromatic carbocycles. The minimum absolute atomic E-state index is 0.0428. The van der Waals surface area contributed by atoms with E-state index in [2.05, 4.69) is 17.6 Å². The molecule has 2 amide bonds. The zero-order valence-electron chi connectivity index (χ0n) is 15.4. The van der Waals surface area contributed by atoms with Crippen LogP contribution in [0.4, 0.5) is 0 Å². The molecule has 0 saturated carbocycles. The van der Waals surface area contributed by atoms with Crippen LogP contribution in [0, 0.1) is 6.92 Å². The average molecular weight is 354 g/mol. The first-order valence-electron chi connectivity index (χ1n) is 8.92. The summed E-state index contributed by atoms with van der Waals surface area (Å²) in [7, 11) is 0. The number of hydrogen-bond donors (Lipinski definition) is 2. The quantitative estimate of drug-likeness (QED) is 0.681. The van der Waals surface area contributed by atoms with E-state index in [0.717, 1.165) is 18.4 Å². The lowest BCUT2D eigenvalue weighted by Crippen LogP contribution is -2.36. The van der Waals surface area contributed by atoms with E-state index in [0.29, 0.717) is 24.4 Å². The summed E-state index contributed by atoms with van der Waals surface area (Å²) in [5, 5.41) is 5.52. The highest BCUT2D eigenvalue weighted by Gasteiger charge is 2.07. The van der Waals surface area contributed by atoms with Crippen LogP contribution in [-0.4, -0.2) is 31.5 Å². The molecule has 0 unspecified atom stereocenters. The van der Waals surface area contributed by atoms with Gasteiger partial charge in [0, 0.05) is 18.7 Å². The molecule has 0 atom stereocenters. The van der Waals surface area contributed by atoms with Gasteiger partial charge in [0.05, 0.1) is 0 Å². The Kier molecular flexibility index (Phi) is 7.68. The van der Waals surface area contributed by atoms with Crippen molar-refractivity contribution in [2.45, 2.75) is 26.7 Å². The molecule has 0 spiro atoms. The first-order chi connectivity index (χ1) is 12.6. The van der Waals surface area contributed by atoms with Gasteiger partial charge in [-0.2, -0.15) is 0 Å². The van der Waals surface area contributed by atoms with E-state index in [4.69, 9.17) is 4.74 Å². The molecule has 26 heavy (non-hydrogen) atoms. The maximum absolute atomic E-state index is 12.0. The van der Waals surface area contributed by atoms with Crippen molar-refractivity contribution in [2.24, 2.45) is 0 Å². The summed E-state index contributed by atoms with van der Waals surface area (Å²) in [5.41, 5.74) is 2.83. The molecular weight excluding hydrogens is 328 g/mol. The Bertz CT molecular complexity index is 726. The number of benzene rings is 2. The van der Waals surface area contributed by atoms with E-state index in [1.165, 1.54) is 5.56 Å². The maximum Gasteiger partial charge on any atom is 0.258 e. The lowest BCUT2D eigenvalue weighted by Gasteiger charge is -2.10. The Morgan fingerprint density at radius 1 is 0.962 bits per heavy atom. The predicted molar refractivity (Wildman–Crippen MR) is 102 cm³/mol. The molecule has 138 valence electrons. The predicted octanol–water partition coefficient (Wildman–Crippen LogP) is 2.87. The highest BCUT2D eigenvalue weighted by Crippen LogP contribution is 2.13. The lowest BCUT2D eigenvalue weighted by molar-refractivity contribution is -0.123. The van der Waals surface area contributed by atoms with Crippen LogP contribution in [0.5, 0.6) is 5.75 Å². The summed E-state index contributed by atoms with van der Waals surface area (Å²) >= 11 is 0. The molecule has 0 radical (unpaired) electrons. The van der Waals surface area contributed by atoms with Crippen LogP contribution in [0.25, 0.3) is 0 Å². The summed E-state index contributed by atoms with van der Waals surface area (Å²) in [6.45, 7) is 4.71.